The molecule has 0 aromatic carbocycles. The van der Waals surface area contributed by atoms with Gasteiger partial charge in [-0.2, -0.15) is 0 Å². The molecule has 1 aromatic rings. The summed E-state index contributed by atoms with van der Waals surface area (Å²) in [5.41, 5.74) is 3.57. The van der Waals surface area contributed by atoms with E-state index in [1.54, 1.807) is 18.5 Å². The Morgan fingerprint density at radius 3 is 2.95 bits per heavy atom. The van der Waals surface area contributed by atoms with Gasteiger partial charge in [0.15, 0.2) is 0 Å². The van der Waals surface area contributed by atoms with Gasteiger partial charge in [-0.1, -0.05) is 0 Å². The highest BCUT2D eigenvalue weighted by molar-refractivity contribution is 5.99. The third kappa shape index (κ3) is 3.91. The van der Waals surface area contributed by atoms with E-state index < -0.39 is 0 Å². The maximum absolute atomic E-state index is 12.1. The fraction of sp³-hybridized carbons (Fsp3) is 0.571. The fourth-order valence-electron chi connectivity index (χ4n) is 2.54. The van der Waals surface area contributed by atoms with Gasteiger partial charge in [-0.05, 0) is 51.4 Å². The van der Waals surface area contributed by atoms with Crippen molar-refractivity contribution in [2.75, 3.05) is 32.1 Å². The standard InChI is InChI=1S/C14H23N5O/c1-19-8-4-11(5-9-19)2-7-17-14(20)12-3-6-16-10-13(12)18-15/h3,6,10-11,18H,2,4-5,7-9,15H2,1H3,(H,17,20). The van der Waals surface area contributed by atoms with Crippen LogP contribution in [0.15, 0.2) is 18.5 Å². The summed E-state index contributed by atoms with van der Waals surface area (Å²) in [7, 11) is 2.16. The third-order valence-corrected chi connectivity index (χ3v) is 3.90. The molecule has 4 N–H and O–H groups in total. The zero-order valence-corrected chi connectivity index (χ0v) is 11.9. The first-order valence-corrected chi connectivity index (χ1v) is 7.08. The number of likely N-dealkylation sites (tertiary alicyclic amines) is 1. The quantitative estimate of drug-likeness (QED) is 0.548. The molecule has 0 radical (unpaired) electrons. The van der Waals surface area contributed by atoms with Gasteiger partial charge in [0.25, 0.3) is 5.91 Å². The van der Waals surface area contributed by atoms with Crippen LogP contribution in [0.1, 0.15) is 29.6 Å². The molecule has 1 amide bonds. The lowest BCUT2D eigenvalue weighted by molar-refractivity contribution is 0.0949. The number of nitrogens with two attached hydrogens (primary N) is 1. The summed E-state index contributed by atoms with van der Waals surface area (Å²) in [6.45, 7) is 3.02. The molecule has 2 rings (SSSR count). The van der Waals surface area contributed by atoms with E-state index in [4.69, 9.17) is 5.84 Å². The minimum absolute atomic E-state index is 0.103. The first kappa shape index (κ1) is 14.7. The molecule has 0 aliphatic carbocycles. The predicted octanol–water partition coefficient (Wildman–Crippen LogP) is 0.829. The minimum atomic E-state index is -0.103. The van der Waals surface area contributed by atoms with Crippen molar-refractivity contribution >= 4 is 11.6 Å². The number of aromatic nitrogens is 1. The Hall–Kier alpha value is -1.66. The van der Waals surface area contributed by atoms with Crippen LogP contribution in [0.3, 0.4) is 0 Å². The lowest BCUT2D eigenvalue weighted by Crippen LogP contribution is -2.33. The van der Waals surface area contributed by atoms with Crippen LogP contribution < -0.4 is 16.6 Å². The summed E-state index contributed by atoms with van der Waals surface area (Å²) < 4.78 is 0. The highest BCUT2D eigenvalue weighted by Crippen LogP contribution is 2.19. The summed E-state index contributed by atoms with van der Waals surface area (Å²) >= 11 is 0. The monoisotopic (exact) mass is 277 g/mol. The number of carbonyl (C=O) groups is 1. The van der Waals surface area contributed by atoms with Crippen LogP contribution >= 0.6 is 0 Å². The van der Waals surface area contributed by atoms with Crippen molar-refractivity contribution in [3.63, 3.8) is 0 Å². The number of hydrogen-bond acceptors (Lipinski definition) is 5. The predicted molar refractivity (Wildman–Crippen MR) is 79.2 cm³/mol. The molecular formula is C14H23N5O. The van der Waals surface area contributed by atoms with Crippen LogP contribution in [0.5, 0.6) is 0 Å². The van der Waals surface area contributed by atoms with Crippen molar-refractivity contribution in [3.8, 4) is 0 Å². The smallest absolute Gasteiger partial charge is 0.253 e. The molecule has 0 unspecified atom stereocenters. The Morgan fingerprint density at radius 1 is 1.50 bits per heavy atom. The Labute approximate surface area is 119 Å². The van der Waals surface area contributed by atoms with Crippen LogP contribution in [0.2, 0.25) is 0 Å². The number of nitrogen functional groups attached to an aromatic ring is 1. The second-order valence-electron chi connectivity index (χ2n) is 5.36. The number of carbonyl (C=O) groups excluding carboxylic acids is 1. The lowest BCUT2D eigenvalue weighted by atomic mass is 9.94. The molecule has 20 heavy (non-hydrogen) atoms. The first-order chi connectivity index (χ1) is 9.70. The highest BCUT2D eigenvalue weighted by atomic mass is 16.1. The van der Waals surface area contributed by atoms with Gasteiger partial charge in [-0.25, -0.2) is 0 Å². The fourth-order valence-corrected chi connectivity index (χ4v) is 2.54. The second kappa shape index (κ2) is 7.21. The molecular weight excluding hydrogens is 254 g/mol. The molecule has 6 nitrogen and oxygen atoms in total. The molecule has 0 bridgehead atoms. The number of hydrazine groups is 1. The molecule has 0 atom stereocenters. The number of nitrogens with zero attached hydrogens (tertiary/aromatic N) is 2. The van der Waals surface area contributed by atoms with Crippen molar-refractivity contribution in [1.29, 1.82) is 0 Å². The number of rotatable bonds is 5. The molecule has 0 saturated carbocycles. The summed E-state index contributed by atoms with van der Waals surface area (Å²) in [6.07, 6.45) is 6.61. The molecule has 6 heteroatoms. The number of nitrogens with one attached hydrogen (secondary N) is 2. The minimum Gasteiger partial charge on any atom is -0.352 e. The Bertz CT molecular complexity index is 443. The molecule has 1 fully saturated rings. The maximum Gasteiger partial charge on any atom is 0.253 e. The van der Waals surface area contributed by atoms with Crippen LogP contribution in [-0.2, 0) is 0 Å². The van der Waals surface area contributed by atoms with E-state index in [0.717, 1.165) is 25.4 Å². The van der Waals surface area contributed by atoms with Gasteiger partial charge >= 0.3 is 0 Å². The average Bonchev–Trinajstić information content (AvgIpc) is 2.49. The molecule has 110 valence electrons. The number of amides is 1. The van der Waals surface area contributed by atoms with E-state index in [-0.39, 0.29) is 5.91 Å². The largest absolute Gasteiger partial charge is 0.352 e. The summed E-state index contributed by atoms with van der Waals surface area (Å²) in [5, 5.41) is 2.96. The zero-order valence-electron chi connectivity index (χ0n) is 11.9. The number of hydrogen-bond donors (Lipinski definition) is 3. The van der Waals surface area contributed by atoms with Gasteiger partial charge in [0, 0.05) is 12.7 Å². The SMILES string of the molecule is CN1CCC(CCNC(=O)c2ccncc2NN)CC1. The normalized spacial score (nSPS) is 16.9. The number of pyridine rings is 1. The molecule has 1 saturated heterocycles. The van der Waals surface area contributed by atoms with Crippen molar-refractivity contribution in [2.24, 2.45) is 11.8 Å². The van der Waals surface area contributed by atoms with Gasteiger partial charge in [0.2, 0.25) is 0 Å². The van der Waals surface area contributed by atoms with Crippen molar-refractivity contribution in [2.45, 2.75) is 19.3 Å². The molecule has 2 heterocycles. The summed E-state index contributed by atoms with van der Waals surface area (Å²) in [6, 6.07) is 1.67. The van der Waals surface area contributed by atoms with E-state index in [1.807, 2.05) is 0 Å². The topological polar surface area (TPSA) is 83.3 Å². The van der Waals surface area contributed by atoms with Crippen LogP contribution in [0, 0.1) is 5.92 Å². The Morgan fingerprint density at radius 2 is 2.25 bits per heavy atom. The number of piperidine rings is 1. The van der Waals surface area contributed by atoms with E-state index >= 15 is 0 Å². The summed E-state index contributed by atoms with van der Waals surface area (Å²) in [4.78, 5) is 18.4. The zero-order chi connectivity index (χ0) is 14.4. The molecule has 1 aliphatic heterocycles. The van der Waals surface area contributed by atoms with Crippen molar-refractivity contribution in [3.05, 3.63) is 24.0 Å². The molecule has 1 aromatic heterocycles. The maximum atomic E-state index is 12.1. The second-order valence-corrected chi connectivity index (χ2v) is 5.36. The first-order valence-electron chi connectivity index (χ1n) is 7.08. The summed E-state index contributed by atoms with van der Waals surface area (Å²) in [5.74, 6) is 5.99. The van der Waals surface area contributed by atoms with Gasteiger partial charge in [0.1, 0.15) is 0 Å². The Kier molecular flexibility index (Phi) is 5.31. The van der Waals surface area contributed by atoms with E-state index in [0.29, 0.717) is 17.8 Å². The number of anilines is 1. The van der Waals surface area contributed by atoms with Crippen LogP contribution in [0.25, 0.3) is 0 Å². The van der Waals surface area contributed by atoms with Crippen LogP contribution in [-0.4, -0.2) is 42.5 Å². The van der Waals surface area contributed by atoms with Gasteiger partial charge in [0.05, 0.1) is 17.4 Å². The average molecular weight is 277 g/mol. The van der Waals surface area contributed by atoms with Gasteiger partial charge in [-0.15, -0.1) is 0 Å². The van der Waals surface area contributed by atoms with Crippen LogP contribution in [0.4, 0.5) is 5.69 Å². The van der Waals surface area contributed by atoms with Gasteiger partial charge < -0.3 is 15.6 Å². The third-order valence-electron chi connectivity index (χ3n) is 3.90. The molecule has 1 aliphatic rings. The van der Waals surface area contributed by atoms with Crippen molar-refractivity contribution in [1.82, 2.24) is 15.2 Å². The van der Waals surface area contributed by atoms with E-state index in [9.17, 15) is 4.79 Å². The van der Waals surface area contributed by atoms with E-state index in [1.165, 1.54) is 12.8 Å². The van der Waals surface area contributed by atoms with Gasteiger partial charge in [-0.3, -0.25) is 15.6 Å². The Balaban J connectivity index is 1.78. The van der Waals surface area contributed by atoms with Crippen molar-refractivity contribution < 1.29 is 4.79 Å². The molecule has 0 spiro atoms. The van der Waals surface area contributed by atoms with E-state index in [2.05, 4.69) is 27.7 Å². The lowest BCUT2D eigenvalue weighted by Gasteiger charge is -2.28. The highest BCUT2D eigenvalue weighted by Gasteiger charge is 2.17.